The number of carbonyl (C=O) groups is 1. The van der Waals surface area contributed by atoms with E-state index in [-0.39, 0.29) is 5.69 Å². The molecule has 3 aromatic heterocycles. The molecule has 0 aliphatic carbocycles. The van der Waals surface area contributed by atoms with Crippen molar-refractivity contribution in [3.63, 3.8) is 0 Å². The summed E-state index contributed by atoms with van der Waals surface area (Å²) in [6, 6.07) is 9.87. The van der Waals surface area contributed by atoms with Crippen LogP contribution >= 0.6 is 11.3 Å². The van der Waals surface area contributed by atoms with E-state index >= 15 is 0 Å². The summed E-state index contributed by atoms with van der Waals surface area (Å²) < 4.78 is 44.2. The van der Waals surface area contributed by atoms with Crippen LogP contribution < -0.4 is 10.1 Å². The normalized spacial score (nSPS) is 12.3. The van der Waals surface area contributed by atoms with E-state index in [4.69, 9.17) is 4.74 Å². The van der Waals surface area contributed by atoms with Gasteiger partial charge in [-0.3, -0.25) is 9.78 Å². The first-order chi connectivity index (χ1) is 16.6. The molecule has 0 aliphatic rings. The van der Waals surface area contributed by atoms with Crippen molar-refractivity contribution in [2.24, 2.45) is 0 Å². The zero-order valence-electron chi connectivity index (χ0n) is 18.9. The Hall–Kier alpha value is -3.86. The Morgan fingerprint density at radius 1 is 1.03 bits per heavy atom. The SMILES string of the molecule is Cc1cc(Oc2cc(C(=O)NC(C)c3ccc(C(F)(F)F)nn3)cc(-c3ncc(C)s3)c2)ccn1. The van der Waals surface area contributed by atoms with Gasteiger partial charge in [0.05, 0.1) is 11.7 Å². The first kappa shape index (κ1) is 24.3. The molecule has 1 amide bonds. The van der Waals surface area contributed by atoms with Gasteiger partial charge in [0.2, 0.25) is 0 Å². The number of benzene rings is 1. The van der Waals surface area contributed by atoms with E-state index in [1.165, 1.54) is 17.4 Å². The molecule has 0 radical (unpaired) electrons. The van der Waals surface area contributed by atoms with E-state index < -0.39 is 23.8 Å². The minimum absolute atomic E-state index is 0.196. The van der Waals surface area contributed by atoms with Crippen molar-refractivity contribution in [1.29, 1.82) is 0 Å². The molecule has 4 rings (SSSR count). The van der Waals surface area contributed by atoms with Crippen molar-refractivity contribution >= 4 is 17.2 Å². The lowest BCUT2D eigenvalue weighted by Crippen LogP contribution is -2.27. The van der Waals surface area contributed by atoms with Gasteiger partial charge in [0.1, 0.15) is 16.5 Å². The predicted molar refractivity (Wildman–Crippen MR) is 124 cm³/mol. The van der Waals surface area contributed by atoms with Crippen molar-refractivity contribution < 1.29 is 22.7 Å². The van der Waals surface area contributed by atoms with Gasteiger partial charge in [-0.2, -0.15) is 18.3 Å². The summed E-state index contributed by atoms with van der Waals surface area (Å²) in [6.45, 7) is 5.38. The molecule has 0 fully saturated rings. The number of nitrogens with zero attached hydrogens (tertiary/aromatic N) is 4. The average Bonchev–Trinajstić information content (AvgIpc) is 3.25. The van der Waals surface area contributed by atoms with E-state index in [1.54, 1.807) is 49.6 Å². The number of halogens is 3. The van der Waals surface area contributed by atoms with Crippen LogP contribution in [-0.2, 0) is 6.18 Å². The molecule has 3 heterocycles. The van der Waals surface area contributed by atoms with Crippen LogP contribution in [0.15, 0.2) is 54.9 Å². The highest BCUT2D eigenvalue weighted by Gasteiger charge is 2.33. The zero-order chi connectivity index (χ0) is 25.2. The number of amides is 1. The molecular weight excluding hydrogens is 479 g/mol. The lowest BCUT2D eigenvalue weighted by Gasteiger charge is -2.15. The van der Waals surface area contributed by atoms with Crippen LogP contribution in [0.1, 0.15) is 45.3 Å². The third kappa shape index (κ3) is 5.99. The van der Waals surface area contributed by atoms with Crippen molar-refractivity contribution in [3.8, 4) is 22.1 Å². The fourth-order valence-corrected chi connectivity index (χ4v) is 3.95. The second kappa shape index (κ2) is 9.79. The van der Waals surface area contributed by atoms with E-state index in [1.807, 2.05) is 13.8 Å². The molecule has 180 valence electrons. The van der Waals surface area contributed by atoms with Crippen molar-refractivity contribution in [1.82, 2.24) is 25.5 Å². The molecule has 1 unspecified atom stereocenters. The number of ether oxygens (including phenoxy) is 1. The summed E-state index contributed by atoms with van der Waals surface area (Å²) in [4.78, 5) is 22.6. The summed E-state index contributed by atoms with van der Waals surface area (Å²) in [5, 5.41) is 10.3. The molecule has 11 heteroatoms. The first-order valence-electron chi connectivity index (χ1n) is 10.5. The second-order valence-corrected chi connectivity index (χ2v) is 9.03. The van der Waals surface area contributed by atoms with Gasteiger partial charge in [-0.15, -0.1) is 16.4 Å². The van der Waals surface area contributed by atoms with Gasteiger partial charge in [-0.1, -0.05) is 0 Å². The lowest BCUT2D eigenvalue weighted by atomic mass is 10.1. The number of nitrogens with one attached hydrogen (secondary N) is 1. The van der Waals surface area contributed by atoms with Crippen LogP contribution in [0.2, 0.25) is 0 Å². The Balaban J connectivity index is 1.61. The van der Waals surface area contributed by atoms with Crippen molar-refractivity contribution in [2.75, 3.05) is 0 Å². The number of pyridine rings is 1. The van der Waals surface area contributed by atoms with Gasteiger partial charge in [0.15, 0.2) is 5.69 Å². The summed E-state index contributed by atoms with van der Waals surface area (Å²) >= 11 is 1.47. The minimum atomic E-state index is -4.59. The van der Waals surface area contributed by atoms with Crippen LogP contribution in [0.5, 0.6) is 11.5 Å². The first-order valence-corrected chi connectivity index (χ1v) is 11.3. The number of aryl methyl sites for hydroxylation is 2. The zero-order valence-corrected chi connectivity index (χ0v) is 19.7. The highest BCUT2D eigenvalue weighted by Crippen LogP contribution is 2.32. The van der Waals surface area contributed by atoms with Gasteiger partial charge in [0.25, 0.3) is 5.91 Å². The molecule has 0 saturated heterocycles. The summed E-state index contributed by atoms with van der Waals surface area (Å²) in [7, 11) is 0. The van der Waals surface area contributed by atoms with Gasteiger partial charge >= 0.3 is 6.18 Å². The quantitative estimate of drug-likeness (QED) is 0.355. The summed E-state index contributed by atoms with van der Waals surface area (Å²) in [5.74, 6) is 0.530. The molecule has 0 aliphatic heterocycles. The van der Waals surface area contributed by atoms with Crippen molar-refractivity contribution in [3.05, 3.63) is 82.4 Å². The standard InChI is InChI=1S/C24H20F3N5O2S/c1-13-8-18(6-7-28-13)34-19-10-16(9-17(11-19)23-29-12-14(2)35-23)22(33)30-15(3)20-4-5-21(32-31-20)24(25,26)27/h4-12,15H,1-3H3,(H,30,33). The molecule has 0 saturated carbocycles. The number of hydrogen-bond donors (Lipinski definition) is 1. The van der Waals surface area contributed by atoms with Crippen LogP contribution in [0, 0.1) is 13.8 Å². The smallest absolute Gasteiger partial charge is 0.435 e. The monoisotopic (exact) mass is 499 g/mol. The molecule has 4 aromatic rings. The number of thiazole rings is 1. The van der Waals surface area contributed by atoms with Crippen LogP contribution in [-0.4, -0.2) is 26.1 Å². The maximum atomic E-state index is 13.1. The second-order valence-electron chi connectivity index (χ2n) is 7.79. The summed E-state index contributed by atoms with van der Waals surface area (Å²) in [6.07, 6.45) is -1.22. The van der Waals surface area contributed by atoms with E-state index in [2.05, 4.69) is 25.5 Å². The van der Waals surface area contributed by atoms with Gasteiger partial charge in [-0.25, -0.2) is 4.98 Å². The maximum absolute atomic E-state index is 13.1. The van der Waals surface area contributed by atoms with Crippen LogP contribution in [0.25, 0.3) is 10.6 Å². The largest absolute Gasteiger partial charge is 0.457 e. The van der Waals surface area contributed by atoms with Gasteiger partial charge < -0.3 is 10.1 Å². The Morgan fingerprint density at radius 2 is 1.83 bits per heavy atom. The highest BCUT2D eigenvalue weighted by molar-refractivity contribution is 7.14. The fourth-order valence-electron chi connectivity index (χ4n) is 3.20. The maximum Gasteiger partial charge on any atom is 0.435 e. The topological polar surface area (TPSA) is 89.9 Å². The molecule has 7 nitrogen and oxygen atoms in total. The van der Waals surface area contributed by atoms with Gasteiger partial charge in [-0.05, 0) is 57.2 Å². The predicted octanol–water partition coefficient (Wildman–Crippen LogP) is 5.91. The third-order valence-corrected chi connectivity index (χ3v) is 5.87. The summed E-state index contributed by atoms with van der Waals surface area (Å²) in [5.41, 5.74) is 0.862. The van der Waals surface area contributed by atoms with Crippen LogP contribution in [0.3, 0.4) is 0 Å². The van der Waals surface area contributed by atoms with Crippen molar-refractivity contribution in [2.45, 2.75) is 33.0 Å². The molecule has 1 N–H and O–H groups in total. The highest BCUT2D eigenvalue weighted by atomic mass is 32.1. The van der Waals surface area contributed by atoms with Crippen LogP contribution in [0.4, 0.5) is 13.2 Å². The Labute approximate surface area is 203 Å². The number of aromatic nitrogens is 4. The Bertz CT molecular complexity index is 1360. The number of hydrogen-bond acceptors (Lipinski definition) is 7. The Morgan fingerprint density at radius 3 is 2.46 bits per heavy atom. The minimum Gasteiger partial charge on any atom is -0.457 e. The fraction of sp³-hybridized carbons (Fsp3) is 0.208. The molecule has 1 atom stereocenters. The van der Waals surface area contributed by atoms with Gasteiger partial charge in [0, 0.05) is 40.2 Å². The number of carbonyl (C=O) groups excluding carboxylic acids is 1. The molecule has 0 spiro atoms. The lowest BCUT2D eigenvalue weighted by molar-refractivity contribution is -0.141. The Kier molecular flexibility index (Phi) is 6.79. The number of rotatable bonds is 6. The molecule has 35 heavy (non-hydrogen) atoms. The van der Waals surface area contributed by atoms with E-state index in [9.17, 15) is 18.0 Å². The molecular formula is C24H20F3N5O2S. The third-order valence-electron chi connectivity index (χ3n) is 4.91. The van der Waals surface area contributed by atoms with E-state index in [0.717, 1.165) is 21.6 Å². The number of alkyl halides is 3. The van der Waals surface area contributed by atoms with E-state index in [0.29, 0.717) is 22.6 Å². The molecule has 1 aromatic carbocycles. The average molecular weight is 500 g/mol. The molecule has 0 bridgehead atoms.